The third-order valence-electron chi connectivity index (χ3n) is 2.65. The number of rotatable bonds is 5. The third kappa shape index (κ3) is 2.96. The van der Waals surface area contributed by atoms with Crippen LogP contribution in [0, 0.1) is 11.6 Å². The van der Waals surface area contributed by atoms with Crippen molar-refractivity contribution < 1.29 is 13.5 Å². The van der Waals surface area contributed by atoms with Gasteiger partial charge in [0.15, 0.2) is 11.6 Å². The highest BCUT2D eigenvalue weighted by molar-refractivity contribution is 6.22. The molecule has 104 valence electrons. The van der Waals surface area contributed by atoms with Gasteiger partial charge < -0.3 is 4.74 Å². The Labute approximate surface area is 120 Å². The van der Waals surface area contributed by atoms with Crippen molar-refractivity contribution in [3.8, 4) is 5.75 Å². The van der Waals surface area contributed by atoms with Crippen molar-refractivity contribution in [2.24, 2.45) is 0 Å². The Morgan fingerprint density at radius 1 is 1.30 bits per heavy atom. The van der Waals surface area contributed by atoms with Gasteiger partial charge in [-0.1, -0.05) is 24.8 Å². The normalized spacial score (nSPS) is 11.9. The van der Waals surface area contributed by atoms with Crippen molar-refractivity contribution in [1.82, 2.24) is 4.98 Å². The molecular weight excluding hydrogens is 284 g/mol. The van der Waals surface area contributed by atoms with E-state index in [0.717, 1.165) is 6.07 Å². The van der Waals surface area contributed by atoms with Gasteiger partial charge in [0.2, 0.25) is 5.82 Å². The molecule has 1 aromatic carbocycles. The van der Waals surface area contributed by atoms with Crippen LogP contribution in [0.15, 0.2) is 49.2 Å². The fraction of sp³-hybridized carbons (Fsp3) is 0.133. The highest BCUT2D eigenvalue weighted by Gasteiger charge is 2.22. The molecule has 0 aliphatic carbocycles. The molecule has 2 aromatic rings. The van der Waals surface area contributed by atoms with Crippen LogP contribution in [-0.2, 0) is 0 Å². The summed E-state index contributed by atoms with van der Waals surface area (Å²) < 4.78 is 32.4. The second-order valence-corrected chi connectivity index (χ2v) is 4.43. The van der Waals surface area contributed by atoms with E-state index in [1.54, 1.807) is 24.4 Å². The molecule has 0 N–H and O–H groups in total. The number of nitrogens with zero attached hydrogens (tertiary/aromatic N) is 1. The van der Waals surface area contributed by atoms with Crippen molar-refractivity contribution in [3.05, 3.63) is 72.1 Å². The molecule has 0 aliphatic rings. The molecule has 2 rings (SSSR count). The van der Waals surface area contributed by atoms with Crippen LogP contribution in [0.25, 0.3) is 0 Å². The zero-order valence-electron chi connectivity index (χ0n) is 10.5. The van der Waals surface area contributed by atoms with Crippen LogP contribution < -0.4 is 4.74 Å². The molecule has 2 nitrogen and oxygen atoms in total. The quantitative estimate of drug-likeness (QED) is 0.607. The Morgan fingerprint density at radius 3 is 2.75 bits per heavy atom. The van der Waals surface area contributed by atoms with Crippen LogP contribution in [0.2, 0.25) is 0 Å². The van der Waals surface area contributed by atoms with Gasteiger partial charge in [0.25, 0.3) is 0 Å². The smallest absolute Gasteiger partial charge is 0.200 e. The molecule has 1 atom stereocenters. The highest BCUT2D eigenvalue weighted by Crippen LogP contribution is 2.36. The molecule has 0 fully saturated rings. The first-order chi connectivity index (χ1) is 9.65. The van der Waals surface area contributed by atoms with E-state index >= 15 is 0 Å². The molecule has 0 amide bonds. The number of hydrogen-bond acceptors (Lipinski definition) is 2. The number of hydrogen-bond donors (Lipinski definition) is 0. The number of pyridine rings is 1. The minimum atomic E-state index is -1.06. The molecule has 20 heavy (non-hydrogen) atoms. The lowest BCUT2D eigenvalue weighted by Gasteiger charge is -2.15. The number of aromatic nitrogens is 1. The molecule has 1 unspecified atom stereocenters. The molecule has 0 bridgehead atoms. The minimum absolute atomic E-state index is 0.0548. The predicted octanol–water partition coefficient (Wildman–Crippen LogP) is 4.25. The summed E-state index contributed by atoms with van der Waals surface area (Å²) in [6.45, 7) is 3.53. The largest absolute Gasteiger partial charge is 0.486 e. The van der Waals surface area contributed by atoms with Crippen molar-refractivity contribution in [3.63, 3.8) is 0 Å². The first kappa shape index (κ1) is 14.5. The number of halogens is 3. The van der Waals surface area contributed by atoms with E-state index < -0.39 is 17.0 Å². The third-order valence-corrected chi connectivity index (χ3v) is 3.11. The van der Waals surface area contributed by atoms with Gasteiger partial charge >= 0.3 is 0 Å². The lowest BCUT2D eigenvalue weighted by Crippen LogP contribution is -2.05. The molecule has 0 radical (unpaired) electrons. The van der Waals surface area contributed by atoms with Crippen molar-refractivity contribution in [2.45, 2.75) is 5.38 Å². The first-order valence-corrected chi connectivity index (χ1v) is 6.35. The SMILES string of the molecule is C=CCOc1c(C(Cl)c2ccccn2)ccc(F)c1F. The maximum absolute atomic E-state index is 13.8. The predicted molar refractivity (Wildman–Crippen MR) is 74.0 cm³/mol. The molecular formula is C15H12ClF2NO. The maximum atomic E-state index is 13.8. The summed E-state index contributed by atoms with van der Waals surface area (Å²) >= 11 is 6.28. The van der Waals surface area contributed by atoms with Gasteiger partial charge in [0.1, 0.15) is 12.0 Å². The molecule has 0 spiro atoms. The summed E-state index contributed by atoms with van der Waals surface area (Å²) in [5.41, 5.74) is 0.856. The molecule has 1 heterocycles. The summed E-state index contributed by atoms with van der Waals surface area (Å²) in [5.74, 6) is -2.26. The first-order valence-electron chi connectivity index (χ1n) is 5.91. The van der Waals surface area contributed by atoms with Crippen molar-refractivity contribution in [2.75, 3.05) is 6.61 Å². The summed E-state index contributed by atoms with van der Waals surface area (Å²) in [6.07, 6.45) is 3.02. The number of benzene rings is 1. The molecule has 0 saturated carbocycles. The van der Waals surface area contributed by atoms with Crippen LogP contribution >= 0.6 is 11.6 Å². The summed E-state index contributed by atoms with van der Waals surface area (Å²) in [5, 5.41) is -0.730. The topological polar surface area (TPSA) is 22.1 Å². The van der Waals surface area contributed by atoms with Crippen LogP contribution in [0.3, 0.4) is 0 Å². The minimum Gasteiger partial charge on any atom is -0.486 e. The average Bonchev–Trinajstić information content (AvgIpc) is 2.49. The standard InChI is InChI=1S/C15H12ClF2NO/c1-2-9-20-15-10(6-7-11(17)14(15)18)13(16)12-5-3-4-8-19-12/h2-8,13H,1,9H2. The lowest BCUT2D eigenvalue weighted by atomic mass is 10.1. The van der Waals surface area contributed by atoms with Gasteiger partial charge in [-0.3, -0.25) is 4.98 Å². The maximum Gasteiger partial charge on any atom is 0.200 e. The second-order valence-electron chi connectivity index (χ2n) is 4.00. The summed E-state index contributed by atoms with van der Waals surface area (Å²) in [4.78, 5) is 4.10. The molecule has 1 aromatic heterocycles. The molecule has 0 saturated heterocycles. The Hall–Kier alpha value is -1.94. The van der Waals surface area contributed by atoms with Crippen LogP contribution in [0.1, 0.15) is 16.6 Å². The van der Waals surface area contributed by atoms with E-state index in [0.29, 0.717) is 11.3 Å². The number of ether oxygens (including phenoxy) is 1. The Morgan fingerprint density at radius 2 is 2.10 bits per heavy atom. The monoisotopic (exact) mass is 295 g/mol. The Balaban J connectivity index is 2.45. The molecule has 5 heteroatoms. The van der Waals surface area contributed by atoms with Crippen molar-refractivity contribution in [1.29, 1.82) is 0 Å². The van der Waals surface area contributed by atoms with E-state index in [2.05, 4.69) is 11.6 Å². The molecule has 0 aliphatic heterocycles. The van der Waals surface area contributed by atoms with E-state index in [4.69, 9.17) is 16.3 Å². The summed E-state index contributed by atoms with van der Waals surface area (Å²) in [7, 11) is 0. The Kier molecular flexibility index (Phi) is 4.69. The average molecular weight is 296 g/mol. The van der Waals surface area contributed by atoms with E-state index in [9.17, 15) is 8.78 Å². The van der Waals surface area contributed by atoms with Gasteiger partial charge in [-0.05, 0) is 18.2 Å². The van der Waals surface area contributed by atoms with E-state index in [1.807, 2.05) is 0 Å². The van der Waals surface area contributed by atoms with Crippen molar-refractivity contribution >= 4 is 11.6 Å². The van der Waals surface area contributed by atoms with Crippen LogP contribution in [0.5, 0.6) is 5.75 Å². The van der Waals surface area contributed by atoms with Gasteiger partial charge in [-0.15, -0.1) is 11.6 Å². The highest BCUT2D eigenvalue weighted by atomic mass is 35.5. The van der Waals surface area contributed by atoms with Crippen LogP contribution in [-0.4, -0.2) is 11.6 Å². The van der Waals surface area contributed by atoms with E-state index in [-0.39, 0.29) is 12.4 Å². The summed E-state index contributed by atoms with van der Waals surface area (Å²) in [6, 6.07) is 7.62. The van der Waals surface area contributed by atoms with E-state index in [1.165, 1.54) is 12.1 Å². The van der Waals surface area contributed by atoms with Gasteiger partial charge in [0, 0.05) is 11.8 Å². The van der Waals surface area contributed by atoms with Gasteiger partial charge in [-0.25, -0.2) is 4.39 Å². The van der Waals surface area contributed by atoms with Gasteiger partial charge in [0.05, 0.1) is 5.69 Å². The van der Waals surface area contributed by atoms with Crippen LogP contribution in [0.4, 0.5) is 8.78 Å². The Bertz CT molecular complexity index is 604. The zero-order valence-corrected chi connectivity index (χ0v) is 11.3. The fourth-order valence-electron chi connectivity index (χ4n) is 1.72. The van der Waals surface area contributed by atoms with Gasteiger partial charge in [-0.2, -0.15) is 4.39 Å². The number of alkyl halides is 1. The fourth-order valence-corrected chi connectivity index (χ4v) is 2.02. The zero-order chi connectivity index (χ0) is 14.5. The lowest BCUT2D eigenvalue weighted by molar-refractivity contribution is 0.328. The second kappa shape index (κ2) is 6.48.